The van der Waals surface area contributed by atoms with Crippen molar-refractivity contribution in [3.8, 4) is 6.07 Å². The maximum Gasteiger partial charge on any atom is 1.00 e. The summed E-state index contributed by atoms with van der Waals surface area (Å²) in [4.78, 5) is 13.0. The van der Waals surface area contributed by atoms with Gasteiger partial charge in [-0.25, -0.2) is 8.42 Å². The fraction of sp³-hybridized carbons (Fsp3) is 0.364. The number of benzene rings is 2. The van der Waals surface area contributed by atoms with E-state index in [2.05, 4.69) is 11.0 Å². The van der Waals surface area contributed by atoms with E-state index >= 15 is 0 Å². The van der Waals surface area contributed by atoms with Crippen molar-refractivity contribution in [3.63, 3.8) is 0 Å². The molecule has 3 rings (SSSR count). The first kappa shape index (κ1) is 25.5. The fourth-order valence-electron chi connectivity index (χ4n) is 3.61. The van der Waals surface area contributed by atoms with Gasteiger partial charge in [-0.3, -0.25) is 0 Å². The number of rotatable bonds is 7. The van der Waals surface area contributed by atoms with Crippen LogP contribution >= 0.6 is 0 Å². The average Bonchev–Trinajstić information content (AvgIpc) is 2.73. The van der Waals surface area contributed by atoms with Crippen LogP contribution in [0.25, 0.3) is 0 Å². The molecule has 2 aromatic carbocycles. The van der Waals surface area contributed by atoms with Crippen LogP contribution in [0.2, 0.25) is 0 Å². The smallest absolute Gasteiger partial charge is 0.545 e. The van der Waals surface area contributed by atoms with Gasteiger partial charge in [-0.2, -0.15) is 5.26 Å². The molecule has 0 aliphatic carbocycles. The molecular weight excluding hydrogens is 427 g/mol. The van der Waals surface area contributed by atoms with Crippen LogP contribution in [-0.4, -0.2) is 55.4 Å². The van der Waals surface area contributed by atoms with Gasteiger partial charge in [-0.15, -0.1) is 0 Å². The number of aromatic carboxylic acids is 1. The Bertz CT molecular complexity index is 1040. The largest absolute Gasteiger partial charge is 1.00 e. The number of hydrogen-bond donors (Lipinski definition) is 1. The number of nitriles is 1. The van der Waals surface area contributed by atoms with Gasteiger partial charge in [-0.1, -0.05) is 24.3 Å². The summed E-state index contributed by atoms with van der Waals surface area (Å²) in [6.45, 7) is 1.97. The van der Waals surface area contributed by atoms with Gasteiger partial charge in [-0.05, 0) is 54.7 Å². The Morgan fingerprint density at radius 3 is 2.19 bits per heavy atom. The van der Waals surface area contributed by atoms with Crippen LogP contribution in [0.1, 0.15) is 34.3 Å². The van der Waals surface area contributed by atoms with E-state index in [1.165, 1.54) is 24.3 Å². The minimum absolute atomic E-state index is 0. The number of aliphatic hydroxyl groups is 1. The third kappa shape index (κ3) is 6.88. The summed E-state index contributed by atoms with van der Waals surface area (Å²) in [5, 5.41) is 30.5. The minimum Gasteiger partial charge on any atom is -0.545 e. The Morgan fingerprint density at radius 1 is 1.10 bits per heavy atom. The third-order valence-corrected chi connectivity index (χ3v) is 7.40. The second-order valence-electron chi connectivity index (χ2n) is 7.70. The van der Waals surface area contributed by atoms with Crippen LogP contribution in [0.3, 0.4) is 0 Å². The number of sulfone groups is 1. The minimum atomic E-state index is -3.75. The Balaban J connectivity index is 0.00000341. The molecule has 1 saturated heterocycles. The summed E-state index contributed by atoms with van der Waals surface area (Å²) in [6, 6.07) is 14.4. The molecule has 0 saturated carbocycles. The Morgan fingerprint density at radius 2 is 1.68 bits per heavy atom. The Kier molecular flexibility index (Phi) is 8.83. The normalized spacial score (nSPS) is 16.1. The molecule has 0 bridgehead atoms. The summed E-state index contributed by atoms with van der Waals surface area (Å²) in [6.07, 6.45) is 1.50. The number of nitrogens with zero attached hydrogens (tertiary/aromatic N) is 2. The van der Waals surface area contributed by atoms with Gasteiger partial charge in [0.2, 0.25) is 0 Å². The van der Waals surface area contributed by atoms with Crippen molar-refractivity contribution in [1.82, 2.24) is 4.90 Å². The van der Waals surface area contributed by atoms with Crippen molar-refractivity contribution in [2.24, 2.45) is 0 Å². The number of carbonyl (C=O) groups excluding carboxylic acids is 1. The molecular formula is C22H23N2NaO5S. The van der Waals surface area contributed by atoms with Crippen LogP contribution in [0.5, 0.6) is 0 Å². The predicted octanol–water partition coefficient (Wildman–Crippen LogP) is -2.23. The molecule has 0 radical (unpaired) electrons. The fourth-order valence-corrected chi connectivity index (χ4v) is 5.32. The zero-order valence-corrected chi connectivity index (χ0v) is 20.3. The molecule has 1 aliphatic heterocycles. The van der Waals surface area contributed by atoms with Crippen molar-refractivity contribution >= 4 is 15.8 Å². The van der Waals surface area contributed by atoms with E-state index in [0.717, 1.165) is 18.5 Å². The molecule has 158 valence electrons. The number of hydrogen-bond acceptors (Lipinski definition) is 7. The first-order chi connectivity index (χ1) is 14.2. The zero-order valence-electron chi connectivity index (χ0n) is 17.5. The molecule has 7 nitrogen and oxygen atoms in total. The summed E-state index contributed by atoms with van der Waals surface area (Å²) < 4.78 is 25.3. The van der Waals surface area contributed by atoms with Gasteiger partial charge >= 0.3 is 29.6 Å². The van der Waals surface area contributed by atoms with Crippen molar-refractivity contribution in [2.45, 2.75) is 29.8 Å². The van der Waals surface area contributed by atoms with Crippen molar-refractivity contribution < 1.29 is 53.0 Å². The van der Waals surface area contributed by atoms with E-state index in [1.807, 2.05) is 12.1 Å². The number of likely N-dealkylation sites (tertiary alicyclic amines) is 1. The summed E-state index contributed by atoms with van der Waals surface area (Å²) in [7, 11) is -3.75. The molecule has 0 amide bonds. The predicted molar refractivity (Wildman–Crippen MR) is 108 cm³/mol. The molecule has 1 fully saturated rings. The van der Waals surface area contributed by atoms with Crippen LogP contribution < -0.4 is 34.7 Å². The van der Waals surface area contributed by atoms with Crippen molar-refractivity contribution in [1.29, 1.82) is 5.26 Å². The first-order valence-corrected chi connectivity index (χ1v) is 11.3. The Labute approximate surface area is 204 Å². The standard InChI is InChI=1S/C22H24N2O5S.Na/c23-15-18-3-1-17(2-4-18)9-12-24-13-10-22(27,11-14-24)16-30(28,29)20-7-5-19(6-8-20)21(25)26;/h1-8,27H,9-14,16H2,(H,25,26);/q;+1/p-1. The summed E-state index contributed by atoms with van der Waals surface area (Å²) >= 11 is 0. The maximum absolute atomic E-state index is 12.7. The number of piperidine rings is 1. The van der Waals surface area contributed by atoms with E-state index in [9.17, 15) is 23.4 Å². The molecule has 31 heavy (non-hydrogen) atoms. The molecule has 2 aromatic rings. The monoisotopic (exact) mass is 450 g/mol. The van der Waals surface area contributed by atoms with Crippen LogP contribution in [0.15, 0.2) is 53.4 Å². The molecule has 0 atom stereocenters. The van der Waals surface area contributed by atoms with Crippen LogP contribution in [0, 0.1) is 11.3 Å². The van der Waals surface area contributed by atoms with Crippen molar-refractivity contribution in [2.75, 3.05) is 25.4 Å². The molecule has 1 heterocycles. The van der Waals surface area contributed by atoms with Crippen LogP contribution in [0.4, 0.5) is 0 Å². The third-order valence-electron chi connectivity index (χ3n) is 5.49. The molecule has 9 heteroatoms. The SMILES string of the molecule is N#Cc1ccc(CCN2CCC(O)(CS(=O)(=O)c3ccc(C(=O)[O-])cc3)CC2)cc1.[Na+]. The van der Waals surface area contributed by atoms with Crippen molar-refractivity contribution in [3.05, 3.63) is 65.2 Å². The maximum atomic E-state index is 12.7. The van der Waals surface area contributed by atoms with E-state index in [-0.39, 0.29) is 40.0 Å². The van der Waals surface area contributed by atoms with Gasteiger partial charge in [0.1, 0.15) is 0 Å². The number of carboxylic acids is 1. The summed E-state index contributed by atoms with van der Waals surface area (Å²) in [5.74, 6) is -1.76. The molecule has 1 aliphatic rings. The van der Waals surface area contributed by atoms with E-state index < -0.39 is 27.2 Å². The van der Waals surface area contributed by atoms with Gasteiger partial charge in [0.05, 0.1) is 33.9 Å². The quantitative estimate of drug-likeness (QED) is 0.474. The van der Waals surface area contributed by atoms with E-state index in [1.54, 1.807) is 12.1 Å². The first-order valence-electron chi connectivity index (χ1n) is 9.69. The van der Waals surface area contributed by atoms with Gasteiger partial charge in [0.25, 0.3) is 0 Å². The number of carbonyl (C=O) groups is 1. The zero-order chi connectivity index (χ0) is 21.8. The van der Waals surface area contributed by atoms with Gasteiger partial charge < -0.3 is 19.9 Å². The Hall–Kier alpha value is -1.73. The average molecular weight is 450 g/mol. The van der Waals surface area contributed by atoms with Gasteiger partial charge in [0, 0.05) is 19.6 Å². The number of carboxylic acid groups (broad SMARTS) is 1. The van der Waals surface area contributed by atoms with Gasteiger partial charge in [0.15, 0.2) is 9.84 Å². The topological polar surface area (TPSA) is 122 Å². The van der Waals surface area contributed by atoms with E-state index in [4.69, 9.17) is 5.26 Å². The van der Waals surface area contributed by atoms with Crippen LogP contribution in [-0.2, 0) is 16.3 Å². The molecule has 1 N–H and O–H groups in total. The second kappa shape index (κ2) is 10.7. The molecule has 0 spiro atoms. The molecule has 0 unspecified atom stereocenters. The van der Waals surface area contributed by atoms with E-state index in [0.29, 0.717) is 31.5 Å². The molecule has 0 aromatic heterocycles. The summed E-state index contributed by atoms with van der Waals surface area (Å²) in [5.41, 5.74) is 0.342. The second-order valence-corrected chi connectivity index (χ2v) is 9.69.